The highest BCUT2D eigenvalue weighted by Gasteiger charge is 2.37. The number of rotatable bonds is 22. The molecule has 27 heteroatoms. The Morgan fingerprint density at radius 3 is 1.63 bits per heavy atom. The van der Waals surface area contributed by atoms with Gasteiger partial charge in [0.15, 0.2) is 0 Å². The molecule has 10 amide bonds. The number of amides is 10. The van der Waals surface area contributed by atoms with Gasteiger partial charge >= 0.3 is 0 Å². The Balaban J connectivity index is 2.73. The van der Waals surface area contributed by atoms with Crippen LogP contribution in [0.15, 0.2) is 30.3 Å². The lowest BCUT2D eigenvalue weighted by Gasteiger charge is -2.28. The highest BCUT2D eigenvalue weighted by molar-refractivity contribution is 5.99. The second-order valence-corrected chi connectivity index (χ2v) is 19.2. The summed E-state index contributed by atoms with van der Waals surface area (Å²) in [5, 5.41) is 46.7. The number of hydrogen-bond donors (Lipinski definition) is 16. The van der Waals surface area contributed by atoms with E-state index in [0.29, 0.717) is 12.1 Å². The first-order valence-corrected chi connectivity index (χ1v) is 25.3. The average Bonchev–Trinajstić information content (AvgIpc) is 3.34. The Morgan fingerprint density at radius 1 is 0.640 bits per heavy atom. The molecule has 75 heavy (non-hydrogen) atoms. The van der Waals surface area contributed by atoms with Crippen LogP contribution in [0.2, 0.25) is 0 Å². The number of hydrogen-bond acceptors (Lipinski definition) is 17. The molecule has 1 aliphatic rings. The van der Waals surface area contributed by atoms with Crippen LogP contribution in [-0.4, -0.2) is 194 Å². The number of nitrogens with zero attached hydrogens (tertiary/aromatic N) is 1. The van der Waals surface area contributed by atoms with Crippen molar-refractivity contribution in [1.82, 2.24) is 58.1 Å². The number of carbonyl (C=O) groups is 10. The Morgan fingerprint density at radius 2 is 1.13 bits per heavy atom. The maximum absolute atomic E-state index is 14.4. The van der Waals surface area contributed by atoms with Crippen LogP contribution in [-0.2, 0) is 54.4 Å². The van der Waals surface area contributed by atoms with Crippen LogP contribution in [0.25, 0.3) is 0 Å². The molecule has 422 valence electrons. The summed E-state index contributed by atoms with van der Waals surface area (Å²) in [6.45, 7) is 5.39. The molecule has 0 spiro atoms. The topological polar surface area (TPSA) is 439 Å². The average molecular weight is 1060 g/mol. The number of nitrogens with one attached hydrogen (secondary N) is 10. The summed E-state index contributed by atoms with van der Waals surface area (Å²) in [5.74, 6) is -8.92. The third-order valence-electron chi connectivity index (χ3n) is 11.9. The normalized spacial score (nSPS) is 23.7. The van der Waals surface area contributed by atoms with Gasteiger partial charge < -0.3 is 91.2 Å². The molecule has 0 bridgehead atoms. The zero-order valence-corrected chi connectivity index (χ0v) is 43.9. The van der Waals surface area contributed by atoms with Gasteiger partial charge in [-0.1, -0.05) is 44.2 Å². The van der Waals surface area contributed by atoms with Gasteiger partial charge in [0.1, 0.15) is 54.4 Å². The fourth-order valence-electron chi connectivity index (χ4n) is 7.75. The first-order chi connectivity index (χ1) is 35.5. The molecule has 0 saturated carbocycles. The van der Waals surface area contributed by atoms with Gasteiger partial charge in [-0.3, -0.25) is 47.9 Å². The Kier molecular flexibility index (Phi) is 29.0. The van der Waals surface area contributed by atoms with E-state index < -0.39 is 139 Å². The summed E-state index contributed by atoms with van der Waals surface area (Å²) in [4.78, 5) is 140. The number of nitrogens with two attached hydrogens (primary N) is 4. The molecule has 0 aromatic heterocycles. The summed E-state index contributed by atoms with van der Waals surface area (Å²) in [6, 6.07) is -4.51. The molecule has 1 heterocycles. The maximum atomic E-state index is 14.4. The minimum atomic E-state index is -1.66. The number of aliphatic hydroxyl groups excluding tert-OH is 2. The van der Waals surface area contributed by atoms with E-state index in [1.165, 1.54) is 13.8 Å². The van der Waals surface area contributed by atoms with E-state index in [1.54, 1.807) is 63.2 Å². The molecule has 27 nitrogen and oxygen atoms in total. The Hall–Kier alpha value is -6.36. The third-order valence-corrected chi connectivity index (χ3v) is 11.9. The number of aliphatic hydroxyl groups is 2. The summed E-state index contributed by atoms with van der Waals surface area (Å²) in [7, 11) is 3.48. The fourth-order valence-corrected chi connectivity index (χ4v) is 7.75. The van der Waals surface area contributed by atoms with Gasteiger partial charge in [-0.2, -0.15) is 0 Å². The Labute approximate surface area is 438 Å². The van der Waals surface area contributed by atoms with Crippen molar-refractivity contribution in [3.63, 3.8) is 0 Å². The lowest BCUT2D eigenvalue weighted by atomic mass is 10.00. The SMILES string of the molecule is CC(C)C[C@@H]1NC(=O)[C@@H](Cc2ccccc2)NC(=O)[C@H](CCN)NC(=O)[C@@H](NC(=O)[C@H](CCN)NC(=O)[C@@H](NC(=O)CCN(C)C)C(C)O)CCNC(=O)[C@H](C(C)O)NC(=O)[C@H](CCN)NC(=O)[C@H](CCN)NC1=O. The van der Waals surface area contributed by atoms with Gasteiger partial charge in [0.2, 0.25) is 59.1 Å². The van der Waals surface area contributed by atoms with Crippen molar-refractivity contribution in [2.24, 2.45) is 28.9 Å². The molecule has 2 rings (SSSR count). The molecular formula is C48H83N15O12. The highest BCUT2D eigenvalue weighted by Crippen LogP contribution is 2.11. The molecule has 11 atom stereocenters. The summed E-state index contributed by atoms with van der Waals surface area (Å²) >= 11 is 0. The summed E-state index contributed by atoms with van der Waals surface area (Å²) in [5.41, 5.74) is 24.0. The zero-order valence-electron chi connectivity index (χ0n) is 43.9. The van der Waals surface area contributed by atoms with Gasteiger partial charge in [-0.15, -0.1) is 0 Å². The first kappa shape index (κ1) is 64.8. The Bertz CT molecular complexity index is 2050. The molecule has 2 unspecified atom stereocenters. The zero-order chi connectivity index (χ0) is 56.4. The van der Waals surface area contributed by atoms with Crippen LogP contribution in [0.3, 0.4) is 0 Å². The molecule has 0 radical (unpaired) electrons. The molecule has 0 aliphatic carbocycles. The van der Waals surface area contributed by atoms with Crippen molar-refractivity contribution in [1.29, 1.82) is 0 Å². The molecule has 20 N–H and O–H groups in total. The highest BCUT2D eigenvalue weighted by atomic mass is 16.3. The molecule has 1 fully saturated rings. The minimum absolute atomic E-state index is 0.0154. The minimum Gasteiger partial charge on any atom is -0.391 e. The molecule has 1 aliphatic heterocycles. The van der Waals surface area contributed by atoms with Gasteiger partial charge in [-0.05, 0) is 104 Å². The van der Waals surface area contributed by atoms with E-state index in [0.717, 1.165) is 0 Å². The smallest absolute Gasteiger partial charge is 0.245 e. The predicted octanol–water partition coefficient (Wildman–Crippen LogP) is -6.73. The second-order valence-electron chi connectivity index (χ2n) is 19.2. The van der Waals surface area contributed by atoms with Crippen LogP contribution in [0.5, 0.6) is 0 Å². The van der Waals surface area contributed by atoms with Crippen LogP contribution in [0.1, 0.15) is 78.2 Å². The maximum Gasteiger partial charge on any atom is 0.245 e. The largest absolute Gasteiger partial charge is 0.391 e. The lowest BCUT2D eigenvalue weighted by molar-refractivity contribution is -0.136. The van der Waals surface area contributed by atoms with Crippen molar-refractivity contribution >= 4 is 59.1 Å². The van der Waals surface area contributed by atoms with E-state index in [2.05, 4.69) is 53.2 Å². The molecular weight excluding hydrogens is 979 g/mol. The van der Waals surface area contributed by atoms with Gasteiger partial charge in [0.25, 0.3) is 0 Å². The van der Waals surface area contributed by atoms with Gasteiger partial charge in [0.05, 0.1) is 12.2 Å². The van der Waals surface area contributed by atoms with E-state index >= 15 is 0 Å². The van der Waals surface area contributed by atoms with E-state index in [9.17, 15) is 58.2 Å². The number of carbonyl (C=O) groups excluding carboxylic acids is 10. The standard InChI is InChI=1S/C48H83N15O12/c1-26(2)24-35-45(72)56-30(12-18-49)40(67)55-33(15-21-52)44(71)62-38(27(3)64)47(74)53-22-16-34(57-41(68)32(14-20-51)58-48(75)39(28(4)65)61-37(66)17-23-63(5)6)43(70)54-31(13-19-50)42(69)60-36(46(73)59-35)25-29-10-8-7-9-11-29/h7-11,26-28,30-36,38-39,64-65H,12-25,49-52H2,1-6H3,(H,53,74)(H,54,70)(H,55,67)(H,56,72)(H,57,68)(H,58,75)(H,59,73)(H,60,69)(H,61,66)(H,62,71)/t27?,28?,30-,31-,32-,33-,34-,35-,36+,38-,39-/m0/s1. The molecule has 1 saturated heterocycles. The van der Waals surface area contributed by atoms with Crippen molar-refractivity contribution in [2.75, 3.05) is 53.4 Å². The quantitative estimate of drug-likeness (QED) is 0.0513. The van der Waals surface area contributed by atoms with Crippen molar-refractivity contribution in [3.05, 3.63) is 35.9 Å². The van der Waals surface area contributed by atoms with Gasteiger partial charge in [0, 0.05) is 25.9 Å². The van der Waals surface area contributed by atoms with E-state index in [1.807, 2.05) is 0 Å². The van der Waals surface area contributed by atoms with Crippen LogP contribution < -0.4 is 76.1 Å². The first-order valence-electron chi connectivity index (χ1n) is 25.3. The summed E-state index contributed by atoms with van der Waals surface area (Å²) < 4.78 is 0. The van der Waals surface area contributed by atoms with Crippen LogP contribution in [0, 0.1) is 5.92 Å². The van der Waals surface area contributed by atoms with Crippen LogP contribution in [0.4, 0.5) is 0 Å². The lowest BCUT2D eigenvalue weighted by Crippen LogP contribution is -2.61. The third kappa shape index (κ3) is 23.0. The summed E-state index contributed by atoms with van der Waals surface area (Å²) in [6.07, 6.45) is -4.12. The number of benzene rings is 1. The van der Waals surface area contributed by atoms with E-state index in [4.69, 9.17) is 22.9 Å². The monoisotopic (exact) mass is 1060 g/mol. The molecule has 1 aromatic rings. The van der Waals surface area contributed by atoms with Gasteiger partial charge in [-0.25, -0.2) is 0 Å². The van der Waals surface area contributed by atoms with Crippen molar-refractivity contribution in [2.45, 2.75) is 146 Å². The fraction of sp³-hybridized carbons (Fsp3) is 0.667. The van der Waals surface area contributed by atoms with E-state index in [-0.39, 0.29) is 77.0 Å². The molecule has 1 aromatic carbocycles. The second kappa shape index (κ2) is 33.5. The van der Waals surface area contributed by atoms with Crippen molar-refractivity contribution in [3.8, 4) is 0 Å². The predicted molar refractivity (Wildman–Crippen MR) is 276 cm³/mol. The van der Waals surface area contributed by atoms with Crippen molar-refractivity contribution < 1.29 is 58.2 Å². The van der Waals surface area contributed by atoms with Crippen LogP contribution >= 0.6 is 0 Å².